The Labute approximate surface area is 198 Å². The molecular weight excluding hydrogens is 485 g/mol. The number of esters is 2. The van der Waals surface area contributed by atoms with Crippen LogP contribution in [0.3, 0.4) is 0 Å². The molecule has 0 aromatic heterocycles. The van der Waals surface area contributed by atoms with Gasteiger partial charge in [-0.25, -0.2) is 9.59 Å². The van der Waals surface area contributed by atoms with Gasteiger partial charge in [0.25, 0.3) is 3.79 Å². The fraction of sp³-hybridized carbons (Fsp3) is 0.286. The SMILES string of the molecule is N=C(OC1OCC(OC(=O)c2ccccc2)C(O)C1OC(=O)c1ccccc1)C(Cl)(Cl)Cl. The molecular formula is C21H18Cl3NO7. The third kappa shape index (κ3) is 6.11. The normalized spacial score (nSPS) is 23.1. The summed E-state index contributed by atoms with van der Waals surface area (Å²) in [5.41, 5.74) is 0.451. The van der Waals surface area contributed by atoms with Crippen LogP contribution in [0.2, 0.25) is 0 Å². The predicted molar refractivity (Wildman–Crippen MR) is 116 cm³/mol. The molecule has 32 heavy (non-hydrogen) atoms. The van der Waals surface area contributed by atoms with Crippen LogP contribution in [-0.4, -0.2) is 57.9 Å². The number of aliphatic hydroxyl groups is 1. The van der Waals surface area contributed by atoms with Gasteiger partial charge in [0.2, 0.25) is 12.2 Å². The standard InChI is InChI=1S/C21H18Cl3NO7/c22-21(23,24)20(25)32-19-16(31-18(28)13-9-5-2-6-10-13)15(26)14(11-29-19)30-17(27)12-7-3-1-4-8-12/h1-10,14-16,19,25-26H,11H2. The number of carbonyl (C=O) groups is 2. The molecule has 0 spiro atoms. The average molecular weight is 503 g/mol. The lowest BCUT2D eigenvalue weighted by Gasteiger charge is -2.39. The van der Waals surface area contributed by atoms with Crippen molar-refractivity contribution < 1.29 is 33.6 Å². The van der Waals surface area contributed by atoms with Gasteiger partial charge in [0.15, 0.2) is 12.2 Å². The van der Waals surface area contributed by atoms with Gasteiger partial charge < -0.3 is 24.1 Å². The van der Waals surface area contributed by atoms with E-state index < -0.39 is 46.2 Å². The van der Waals surface area contributed by atoms with Crippen LogP contribution in [0.15, 0.2) is 60.7 Å². The second-order valence-corrected chi connectivity index (χ2v) is 8.96. The fourth-order valence-corrected chi connectivity index (χ4v) is 2.95. The van der Waals surface area contributed by atoms with Crippen LogP contribution in [0.25, 0.3) is 0 Å². The molecule has 0 aliphatic carbocycles. The molecule has 2 aromatic carbocycles. The molecule has 0 amide bonds. The van der Waals surface area contributed by atoms with Gasteiger partial charge in [-0.1, -0.05) is 71.2 Å². The summed E-state index contributed by atoms with van der Waals surface area (Å²) < 4.78 is 19.2. The van der Waals surface area contributed by atoms with Crippen molar-refractivity contribution in [1.29, 1.82) is 5.41 Å². The van der Waals surface area contributed by atoms with Crippen molar-refractivity contribution in [2.24, 2.45) is 0 Å². The summed E-state index contributed by atoms with van der Waals surface area (Å²) >= 11 is 16.9. The van der Waals surface area contributed by atoms with E-state index in [9.17, 15) is 14.7 Å². The van der Waals surface area contributed by atoms with E-state index in [0.29, 0.717) is 0 Å². The maximum Gasteiger partial charge on any atom is 0.338 e. The lowest BCUT2D eigenvalue weighted by atomic mass is 10.0. The zero-order valence-corrected chi connectivity index (χ0v) is 18.6. The van der Waals surface area contributed by atoms with Crippen molar-refractivity contribution in [1.82, 2.24) is 0 Å². The summed E-state index contributed by atoms with van der Waals surface area (Å²) in [4.78, 5) is 24.9. The Kier molecular flexibility index (Phi) is 7.97. The first-order valence-electron chi connectivity index (χ1n) is 9.31. The van der Waals surface area contributed by atoms with E-state index in [4.69, 9.17) is 59.2 Å². The van der Waals surface area contributed by atoms with Gasteiger partial charge >= 0.3 is 11.9 Å². The fourth-order valence-electron chi connectivity index (χ4n) is 2.81. The lowest BCUT2D eigenvalue weighted by Crippen LogP contribution is -2.57. The summed E-state index contributed by atoms with van der Waals surface area (Å²) in [6.07, 6.45) is -5.75. The van der Waals surface area contributed by atoms with Crippen molar-refractivity contribution in [3.05, 3.63) is 71.8 Å². The molecule has 11 heteroatoms. The Morgan fingerprint density at radius 3 is 1.91 bits per heavy atom. The molecule has 1 saturated heterocycles. The highest BCUT2D eigenvalue weighted by atomic mass is 35.6. The van der Waals surface area contributed by atoms with Gasteiger partial charge in [-0.2, -0.15) is 0 Å². The number of halogens is 3. The third-order valence-electron chi connectivity index (χ3n) is 4.42. The predicted octanol–water partition coefficient (Wildman–Crippen LogP) is 3.52. The third-order valence-corrected chi connectivity index (χ3v) is 4.94. The molecule has 2 aromatic rings. The minimum Gasteiger partial charge on any atom is -0.453 e. The molecule has 0 saturated carbocycles. The van der Waals surface area contributed by atoms with Gasteiger partial charge in [-0.05, 0) is 24.3 Å². The second kappa shape index (κ2) is 10.5. The van der Waals surface area contributed by atoms with Crippen LogP contribution in [0.1, 0.15) is 20.7 Å². The lowest BCUT2D eigenvalue weighted by molar-refractivity contribution is -0.246. The number of nitrogens with one attached hydrogen (secondary N) is 1. The number of hydrogen-bond acceptors (Lipinski definition) is 8. The number of ether oxygens (including phenoxy) is 4. The highest BCUT2D eigenvalue weighted by Crippen LogP contribution is 2.31. The maximum absolute atomic E-state index is 12.6. The zero-order chi connectivity index (χ0) is 23.3. The van der Waals surface area contributed by atoms with Crippen molar-refractivity contribution in [2.45, 2.75) is 28.4 Å². The molecule has 1 aliphatic rings. The first-order valence-corrected chi connectivity index (χ1v) is 10.4. The summed E-state index contributed by atoms with van der Waals surface area (Å²) in [6.45, 7) is -0.322. The van der Waals surface area contributed by atoms with E-state index in [0.717, 1.165) is 0 Å². The Morgan fingerprint density at radius 2 is 1.41 bits per heavy atom. The number of rotatable bonds is 5. The Bertz CT molecular complexity index is 953. The molecule has 3 rings (SSSR count). The minimum absolute atomic E-state index is 0.193. The van der Waals surface area contributed by atoms with Crippen LogP contribution in [0.4, 0.5) is 0 Å². The van der Waals surface area contributed by atoms with Gasteiger partial charge in [-0.15, -0.1) is 0 Å². The monoisotopic (exact) mass is 501 g/mol. The Balaban J connectivity index is 1.78. The van der Waals surface area contributed by atoms with E-state index in [1.54, 1.807) is 48.5 Å². The molecule has 1 fully saturated rings. The van der Waals surface area contributed by atoms with Crippen LogP contribution in [0, 0.1) is 5.41 Å². The molecule has 0 bridgehead atoms. The van der Waals surface area contributed by atoms with Crippen molar-refractivity contribution >= 4 is 52.6 Å². The largest absolute Gasteiger partial charge is 0.453 e. The first kappa shape index (κ1) is 24.3. The quantitative estimate of drug-likeness (QED) is 0.278. The number of benzene rings is 2. The van der Waals surface area contributed by atoms with Crippen molar-refractivity contribution in [3.8, 4) is 0 Å². The smallest absolute Gasteiger partial charge is 0.338 e. The Hall–Kier alpha value is -2.36. The summed E-state index contributed by atoms with van der Waals surface area (Å²) in [5.74, 6) is -2.32. The zero-order valence-electron chi connectivity index (χ0n) is 16.3. The van der Waals surface area contributed by atoms with E-state index in [-0.39, 0.29) is 17.7 Å². The number of alkyl halides is 3. The van der Waals surface area contributed by atoms with Gasteiger partial charge in [0.05, 0.1) is 17.7 Å². The van der Waals surface area contributed by atoms with Crippen molar-refractivity contribution in [3.63, 3.8) is 0 Å². The molecule has 4 atom stereocenters. The molecule has 2 N–H and O–H groups in total. The minimum atomic E-state index is -2.21. The summed E-state index contributed by atoms with van der Waals surface area (Å²) in [7, 11) is 0. The highest BCUT2D eigenvalue weighted by Gasteiger charge is 2.47. The second-order valence-electron chi connectivity index (χ2n) is 6.68. The summed E-state index contributed by atoms with van der Waals surface area (Å²) in [5, 5.41) is 18.6. The molecule has 8 nitrogen and oxygen atoms in total. The van der Waals surface area contributed by atoms with E-state index in [2.05, 4.69) is 0 Å². The molecule has 1 aliphatic heterocycles. The number of hydrogen-bond donors (Lipinski definition) is 2. The topological polar surface area (TPSA) is 115 Å². The number of carbonyl (C=O) groups excluding carboxylic acids is 2. The Morgan fingerprint density at radius 1 is 0.906 bits per heavy atom. The van der Waals surface area contributed by atoms with Crippen LogP contribution >= 0.6 is 34.8 Å². The van der Waals surface area contributed by atoms with Gasteiger partial charge in [0, 0.05) is 0 Å². The molecule has 1 heterocycles. The molecule has 4 unspecified atom stereocenters. The van der Waals surface area contributed by atoms with Gasteiger partial charge in [0.1, 0.15) is 6.10 Å². The van der Waals surface area contributed by atoms with E-state index >= 15 is 0 Å². The van der Waals surface area contributed by atoms with Crippen LogP contribution < -0.4 is 0 Å². The van der Waals surface area contributed by atoms with Crippen LogP contribution in [0.5, 0.6) is 0 Å². The van der Waals surface area contributed by atoms with Crippen molar-refractivity contribution in [2.75, 3.05) is 6.61 Å². The van der Waals surface area contributed by atoms with Crippen LogP contribution in [-0.2, 0) is 18.9 Å². The average Bonchev–Trinajstić information content (AvgIpc) is 2.78. The summed E-state index contributed by atoms with van der Waals surface area (Å²) in [6, 6.07) is 16.1. The molecule has 170 valence electrons. The van der Waals surface area contributed by atoms with Gasteiger partial charge in [-0.3, -0.25) is 5.41 Å². The maximum atomic E-state index is 12.6. The number of aliphatic hydroxyl groups excluding tert-OH is 1. The highest BCUT2D eigenvalue weighted by molar-refractivity contribution is 6.76. The molecule has 0 radical (unpaired) electrons. The van der Waals surface area contributed by atoms with E-state index in [1.807, 2.05) is 0 Å². The first-order chi connectivity index (χ1) is 15.2. The van der Waals surface area contributed by atoms with E-state index in [1.165, 1.54) is 12.1 Å².